The van der Waals surface area contributed by atoms with E-state index in [0.29, 0.717) is 31.2 Å². The van der Waals surface area contributed by atoms with Crippen LogP contribution in [0.4, 0.5) is 5.95 Å². The Bertz CT molecular complexity index is 1040. The molecule has 31 heavy (non-hydrogen) atoms. The fourth-order valence-electron chi connectivity index (χ4n) is 4.14. The minimum Gasteiger partial charge on any atom is -0.459 e. The first kappa shape index (κ1) is 19.6. The van der Waals surface area contributed by atoms with Gasteiger partial charge in [-0.25, -0.2) is 4.98 Å². The van der Waals surface area contributed by atoms with Crippen molar-refractivity contribution in [3.8, 4) is 11.6 Å². The molecule has 7 nitrogen and oxygen atoms in total. The van der Waals surface area contributed by atoms with Crippen LogP contribution in [0.2, 0.25) is 0 Å². The molecule has 0 unspecified atom stereocenters. The van der Waals surface area contributed by atoms with Gasteiger partial charge in [-0.1, -0.05) is 25.1 Å². The Hall–Kier alpha value is -3.35. The van der Waals surface area contributed by atoms with E-state index in [2.05, 4.69) is 11.8 Å². The summed E-state index contributed by atoms with van der Waals surface area (Å²) in [4.78, 5) is 26.6. The van der Waals surface area contributed by atoms with Gasteiger partial charge in [0.05, 0.1) is 24.1 Å². The second-order valence-corrected chi connectivity index (χ2v) is 8.29. The number of hydrogen-bond donors (Lipinski definition) is 0. The van der Waals surface area contributed by atoms with Gasteiger partial charge in [-0.2, -0.15) is 4.98 Å². The van der Waals surface area contributed by atoms with E-state index in [0.717, 1.165) is 54.8 Å². The second-order valence-electron chi connectivity index (χ2n) is 8.29. The zero-order valence-corrected chi connectivity index (χ0v) is 17.7. The number of ether oxygens (including phenoxy) is 1. The van der Waals surface area contributed by atoms with Crippen LogP contribution in [0.3, 0.4) is 0 Å². The summed E-state index contributed by atoms with van der Waals surface area (Å²) in [5.41, 5.74) is 1.82. The number of carbonyl (C=O) groups excluding carboxylic acids is 1. The number of nitrogens with zero attached hydrogens (tertiary/aromatic N) is 4. The van der Waals surface area contributed by atoms with Gasteiger partial charge in [0, 0.05) is 26.1 Å². The number of benzene rings is 1. The lowest BCUT2D eigenvalue weighted by Crippen LogP contribution is -2.38. The van der Waals surface area contributed by atoms with E-state index in [-0.39, 0.29) is 5.91 Å². The molecule has 2 aromatic heterocycles. The predicted octanol–water partition coefficient (Wildman–Crippen LogP) is 4.30. The largest absolute Gasteiger partial charge is 0.459 e. The van der Waals surface area contributed by atoms with Gasteiger partial charge in [-0.05, 0) is 43.0 Å². The normalized spacial score (nSPS) is 16.8. The number of furan rings is 1. The summed E-state index contributed by atoms with van der Waals surface area (Å²) in [6, 6.07) is 13.1. The SMILES string of the molecule is CC1CCN(c2nc3c(c(Oc4ccccc4)n2)CN(C(=O)c2ccco2)CC3)CC1. The first-order chi connectivity index (χ1) is 15.2. The molecule has 1 amide bonds. The van der Waals surface area contributed by atoms with Gasteiger partial charge in [-0.15, -0.1) is 0 Å². The summed E-state index contributed by atoms with van der Waals surface area (Å²) in [6.45, 7) is 5.18. The molecule has 0 saturated carbocycles. The van der Waals surface area contributed by atoms with Gasteiger partial charge in [-0.3, -0.25) is 4.79 Å². The van der Waals surface area contributed by atoms with Crippen LogP contribution in [0.5, 0.6) is 11.6 Å². The van der Waals surface area contributed by atoms with Crippen molar-refractivity contribution >= 4 is 11.9 Å². The molecule has 5 rings (SSSR count). The Kier molecular flexibility index (Phi) is 5.32. The highest BCUT2D eigenvalue weighted by atomic mass is 16.5. The number of amides is 1. The second kappa shape index (κ2) is 8.41. The highest BCUT2D eigenvalue weighted by Crippen LogP contribution is 2.32. The smallest absolute Gasteiger partial charge is 0.289 e. The van der Waals surface area contributed by atoms with Crippen LogP contribution in [-0.2, 0) is 13.0 Å². The molecule has 1 saturated heterocycles. The molecule has 0 atom stereocenters. The summed E-state index contributed by atoms with van der Waals surface area (Å²) in [7, 11) is 0. The Morgan fingerprint density at radius 1 is 1.06 bits per heavy atom. The average Bonchev–Trinajstić information content (AvgIpc) is 3.34. The third-order valence-electron chi connectivity index (χ3n) is 6.05. The van der Waals surface area contributed by atoms with Crippen LogP contribution >= 0.6 is 0 Å². The third kappa shape index (κ3) is 4.13. The summed E-state index contributed by atoms with van der Waals surface area (Å²) < 4.78 is 11.5. The van der Waals surface area contributed by atoms with E-state index in [1.165, 1.54) is 6.26 Å². The van der Waals surface area contributed by atoms with Crippen LogP contribution in [0.1, 0.15) is 41.6 Å². The minimum absolute atomic E-state index is 0.129. The summed E-state index contributed by atoms with van der Waals surface area (Å²) in [5, 5.41) is 0. The van der Waals surface area contributed by atoms with E-state index >= 15 is 0 Å². The van der Waals surface area contributed by atoms with Crippen molar-refractivity contribution in [3.63, 3.8) is 0 Å². The van der Waals surface area contributed by atoms with E-state index in [9.17, 15) is 4.79 Å². The number of anilines is 1. The number of rotatable bonds is 4. The zero-order valence-electron chi connectivity index (χ0n) is 17.7. The van der Waals surface area contributed by atoms with Crippen molar-refractivity contribution in [1.29, 1.82) is 0 Å². The Balaban J connectivity index is 1.47. The zero-order chi connectivity index (χ0) is 21.2. The van der Waals surface area contributed by atoms with E-state index in [1.807, 2.05) is 30.3 Å². The molecule has 0 N–H and O–H groups in total. The molecule has 0 bridgehead atoms. The summed E-state index contributed by atoms with van der Waals surface area (Å²) in [5.74, 6) is 2.92. The highest BCUT2D eigenvalue weighted by molar-refractivity contribution is 5.91. The van der Waals surface area contributed by atoms with Crippen LogP contribution in [-0.4, -0.2) is 40.4 Å². The lowest BCUT2D eigenvalue weighted by Gasteiger charge is -2.33. The van der Waals surface area contributed by atoms with Crippen LogP contribution in [0.15, 0.2) is 53.1 Å². The fraction of sp³-hybridized carbons (Fsp3) is 0.375. The van der Waals surface area contributed by atoms with Gasteiger partial charge in [0.2, 0.25) is 11.8 Å². The molecule has 2 aliphatic rings. The molecule has 0 aliphatic carbocycles. The Morgan fingerprint density at radius 2 is 1.87 bits per heavy atom. The van der Waals surface area contributed by atoms with Gasteiger partial charge < -0.3 is 19.0 Å². The van der Waals surface area contributed by atoms with Gasteiger partial charge in [0.15, 0.2) is 5.76 Å². The van der Waals surface area contributed by atoms with Crippen molar-refractivity contribution in [2.75, 3.05) is 24.5 Å². The molecule has 1 aromatic carbocycles. The number of para-hydroxylation sites is 1. The van der Waals surface area contributed by atoms with Crippen LogP contribution < -0.4 is 9.64 Å². The quantitative estimate of drug-likeness (QED) is 0.629. The summed E-state index contributed by atoms with van der Waals surface area (Å²) >= 11 is 0. The van der Waals surface area contributed by atoms with Crippen LogP contribution in [0, 0.1) is 5.92 Å². The van der Waals surface area contributed by atoms with Crippen molar-refractivity contribution in [2.24, 2.45) is 5.92 Å². The lowest BCUT2D eigenvalue weighted by molar-refractivity contribution is 0.0699. The molecule has 3 aromatic rings. The lowest BCUT2D eigenvalue weighted by atomic mass is 9.99. The number of aromatic nitrogens is 2. The molecule has 4 heterocycles. The number of carbonyl (C=O) groups is 1. The summed E-state index contributed by atoms with van der Waals surface area (Å²) in [6.07, 6.45) is 4.46. The van der Waals surface area contributed by atoms with Crippen LogP contribution in [0.25, 0.3) is 0 Å². The minimum atomic E-state index is -0.129. The Morgan fingerprint density at radius 3 is 2.61 bits per heavy atom. The van der Waals surface area contributed by atoms with Crippen molar-refractivity contribution in [1.82, 2.24) is 14.9 Å². The standard InChI is InChI=1S/C24H26N4O3/c1-17-9-12-27(13-10-17)24-25-20-11-14-28(23(29)21-8-5-15-30-21)16-19(20)22(26-24)31-18-6-3-2-4-7-18/h2-8,15,17H,9-14,16H2,1H3. The molecule has 160 valence electrons. The number of fused-ring (bicyclic) bond motifs is 1. The topological polar surface area (TPSA) is 71.7 Å². The van der Waals surface area contributed by atoms with E-state index < -0.39 is 0 Å². The first-order valence-corrected chi connectivity index (χ1v) is 10.9. The molecule has 2 aliphatic heterocycles. The van der Waals surface area contributed by atoms with Crippen molar-refractivity contribution < 1.29 is 13.9 Å². The maximum Gasteiger partial charge on any atom is 0.289 e. The first-order valence-electron chi connectivity index (χ1n) is 10.9. The maximum atomic E-state index is 12.8. The molecular weight excluding hydrogens is 392 g/mol. The van der Waals surface area contributed by atoms with Gasteiger partial charge in [0.1, 0.15) is 5.75 Å². The molecule has 0 spiro atoms. The molecular formula is C24H26N4O3. The monoisotopic (exact) mass is 418 g/mol. The highest BCUT2D eigenvalue weighted by Gasteiger charge is 2.29. The molecule has 7 heteroatoms. The predicted molar refractivity (Wildman–Crippen MR) is 116 cm³/mol. The third-order valence-corrected chi connectivity index (χ3v) is 6.05. The number of piperidine rings is 1. The molecule has 0 radical (unpaired) electrons. The van der Waals surface area contributed by atoms with E-state index in [1.54, 1.807) is 17.0 Å². The van der Waals surface area contributed by atoms with Gasteiger partial charge in [0.25, 0.3) is 5.91 Å². The molecule has 1 fully saturated rings. The average molecular weight is 418 g/mol. The van der Waals surface area contributed by atoms with Crippen molar-refractivity contribution in [3.05, 3.63) is 65.7 Å². The fourth-order valence-corrected chi connectivity index (χ4v) is 4.14. The Labute approximate surface area is 181 Å². The maximum absolute atomic E-state index is 12.8. The number of hydrogen-bond acceptors (Lipinski definition) is 6. The van der Waals surface area contributed by atoms with Crippen molar-refractivity contribution in [2.45, 2.75) is 32.7 Å². The van der Waals surface area contributed by atoms with Gasteiger partial charge >= 0.3 is 0 Å². The van der Waals surface area contributed by atoms with E-state index in [4.69, 9.17) is 19.1 Å².